The normalized spacial score (nSPS) is 21.5. The van der Waals surface area contributed by atoms with Gasteiger partial charge < -0.3 is 10.6 Å². The molecule has 0 aromatic heterocycles. The summed E-state index contributed by atoms with van der Waals surface area (Å²) in [5.74, 6) is 0.164. The van der Waals surface area contributed by atoms with E-state index in [2.05, 4.69) is 43.3 Å². The number of carbonyl (C=O) groups excluding carboxylic acids is 1. The molecule has 0 saturated carbocycles. The first-order valence-electron chi connectivity index (χ1n) is 7.37. The fourth-order valence-corrected chi connectivity index (χ4v) is 3.38. The Kier molecular flexibility index (Phi) is 3.65. The zero-order chi connectivity index (χ0) is 14.8. The van der Waals surface area contributed by atoms with E-state index < -0.39 is 0 Å². The molecule has 3 nitrogen and oxygen atoms in total. The number of primary amides is 1. The molecule has 1 aliphatic rings. The molecule has 2 unspecified atom stereocenters. The SMILES string of the molecule is CC1C(c2ccccc2)c2ccccc2CCN1C(N)=O. The third kappa shape index (κ3) is 2.51. The van der Waals surface area contributed by atoms with E-state index in [9.17, 15) is 4.79 Å². The standard InChI is InChI=1S/C18H20N2O/c1-13-17(15-8-3-2-4-9-15)16-10-6-5-7-14(16)11-12-20(13)18(19)21/h2-10,13,17H,11-12H2,1H3,(H2,19,21). The Bertz CT molecular complexity index is 639. The second kappa shape index (κ2) is 5.60. The molecule has 0 spiro atoms. The van der Waals surface area contributed by atoms with Crippen LogP contribution in [0.1, 0.15) is 29.5 Å². The highest BCUT2D eigenvalue weighted by atomic mass is 16.2. The fraction of sp³-hybridized carbons (Fsp3) is 0.278. The van der Waals surface area contributed by atoms with Crippen molar-refractivity contribution in [3.05, 3.63) is 71.3 Å². The van der Waals surface area contributed by atoms with Gasteiger partial charge in [-0.2, -0.15) is 0 Å². The Morgan fingerprint density at radius 2 is 1.76 bits per heavy atom. The van der Waals surface area contributed by atoms with Gasteiger partial charge in [0.25, 0.3) is 0 Å². The van der Waals surface area contributed by atoms with Crippen LogP contribution in [0.25, 0.3) is 0 Å². The maximum absolute atomic E-state index is 11.8. The number of carbonyl (C=O) groups is 1. The second-order valence-corrected chi connectivity index (χ2v) is 5.61. The zero-order valence-electron chi connectivity index (χ0n) is 12.2. The van der Waals surface area contributed by atoms with E-state index in [1.807, 2.05) is 18.2 Å². The molecule has 108 valence electrons. The predicted octanol–water partition coefficient (Wildman–Crippen LogP) is 3.14. The molecule has 2 atom stereocenters. The maximum atomic E-state index is 11.8. The van der Waals surface area contributed by atoms with Gasteiger partial charge in [-0.05, 0) is 30.0 Å². The van der Waals surface area contributed by atoms with Gasteiger partial charge in [-0.25, -0.2) is 4.79 Å². The summed E-state index contributed by atoms with van der Waals surface area (Å²) in [5, 5.41) is 0. The van der Waals surface area contributed by atoms with Crippen molar-refractivity contribution < 1.29 is 4.79 Å². The summed E-state index contributed by atoms with van der Waals surface area (Å²) < 4.78 is 0. The molecule has 0 saturated heterocycles. The van der Waals surface area contributed by atoms with Crippen LogP contribution >= 0.6 is 0 Å². The van der Waals surface area contributed by atoms with Crippen molar-refractivity contribution in [1.29, 1.82) is 0 Å². The average molecular weight is 280 g/mol. The van der Waals surface area contributed by atoms with Gasteiger partial charge in [0.05, 0.1) is 0 Å². The van der Waals surface area contributed by atoms with E-state index in [0.29, 0.717) is 6.54 Å². The van der Waals surface area contributed by atoms with Crippen molar-refractivity contribution in [2.45, 2.75) is 25.3 Å². The number of nitrogens with zero attached hydrogens (tertiary/aromatic N) is 1. The number of rotatable bonds is 1. The Morgan fingerprint density at radius 1 is 1.10 bits per heavy atom. The van der Waals surface area contributed by atoms with E-state index >= 15 is 0 Å². The van der Waals surface area contributed by atoms with Gasteiger partial charge in [-0.1, -0.05) is 54.6 Å². The third-order valence-corrected chi connectivity index (χ3v) is 4.43. The number of urea groups is 1. The van der Waals surface area contributed by atoms with Crippen LogP contribution in [-0.2, 0) is 6.42 Å². The van der Waals surface area contributed by atoms with Gasteiger partial charge >= 0.3 is 6.03 Å². The van der Waals surface area contributed by atoms with E-state index in [1.54, 1.807) is 4.90 Å². The Balaban J connectivity index is 2.13. The monoisotopic (exact) mass is 280 g/mol. The maximum Gasteiger partial charge on any atom is 0.315 e. The molecule has 2 aromatic carbocycles. The van der Waals surface area contributed by atoms with Gasteiger partial charge in [0.15, 0.2) is 0 Å². The van der Waals surface area contributed by atoms with E-state index in [1.165, 1.54) is 16.7 Å². The molecule has 21 heavy (non-hydrogen) atoms. The molecule has 3 rings (SSSR count). The number of hydrogen-bond acceptors (Lipinski definition) is 1. The molecule has 2 aromatic rings. The molecule has 2 amide bonds. The number of nitrogens with two attached hydrogens (primary N) is 1. The minimum absolute atomic E-state index is 0.0496. The molecule has 0 bridgehead atoms. The van der Waals surface area contributed by atoms with E-state index in [4.69, 9.17) is 5.73 Å². The molecule has 3 heteroatoms. The van der Waals surface area contributed by atoms with Gasteiger partial charge in [-0.15, -0.1) is 0 Å². The highest BCUT2D eigenvalue weighted by Gasteiger charge is 2.32. The van der Waals surface area contributed by atoms with Gasteiger partial charge in [0.2, 0.25) is 0 Å². The van der Waals surface area contributed by atoms with Crippen molar-refractivity contribution in [1.82, 2.24) is 4.90 Å². The number of amides is 2. The average Bonchev–Trinajstić information content (AvgIpc) is 2.64. The number of benzene rings is 2. The largest absolute Gasteiger partial charge is 0.351 e. The summed E-state index contributed by atoms with van der Waals surface area (Å²) in [5.41, 5.74) is 9.43. The first-order valence-corrected chi connectivity index (χ1v) is 7.37. The van der Waals surface area contributed by atoms with E-state index in [0.717, 1.165) is 6.42 Å². The molecule has 2 N–H and O–H groups in total. The van der Waals surface area contributed by atoms with Crippen molar-refractivity contribution in [2.75, 3.05) is 6.54 Å². The van der Waals surface area contributed by atoms with Crippen molar-refractivity contribution in [3.63, 3.8) is 0 Å². The molecular formula is C18H20N2O. The Labute approximate surface area is 125 Å². The molecule has 0 radical (unpaired) electrons. The van der Waals surface area contributed by atoms with Crippen LogP contribution in [0.3, 0.4) is 0 Å². The van der Waals surface area contributed by atoms with Crippen molar-refractivity contribution in [2.24, 2.45) is 5.73 Å². The van der Waals surface area contributed by atoms with Gasteiger partial charge in [0, 0.05) is 18.5 Å². The minimum atomic E-state index is -0.337. The molecule has 1 aliphatic heterocycles. The molecule has 0 aliphatic carbocycles. The molecule has 0 fully saturated rings. The minimum Gasteiger partial charge on any atom is -0.351 e. The lowest BCUT2D eigenvalue weighted by Gasteiger charge is -2.32. The lowest BCUT2D eigenvalue weighted by atomic mass is 9.83. The quantitative estimate of drug-likeness (QED) is 0.857. The van der Waals surface area contributed by atoms with E-state index in [-0.39, 0.29) is 18.0 Å². The molecular weight excluding hydrogens is 260 g/mol. The van der Waals surface area contributed by atoms with Crippen molar-refractivity contribution >= 4 is 6.03 Å². The summed E-state index contributed by atoms with van der Waals surface area (Å²) >= 11 is 0. The highest BCUT2D eigenvalue weighted by molar-refractivity contribution is 5.73. The Hall–Kier alpha value is -2.29. The Morgan fingerprint density at radius 3 is 2.48 bits per heavy atom. The van der Waals surface area contributed by atoms with Crippen LogP contribution in [-0.4, -0.2) is 23.5 Å². The topological polar surface area (TPSA) is 46.3 Å². The zero-order valence-corrected chi connectivity index (χ0v) is 12.2. The summed E-state index contributed by atoms with van der Waals surface area (Å²) in [4.78, 5) is 13.6. The van der Waals surface area contributed by atoms with Crippen LogP contribution in [0, 0.1) is 0 Å². The second-order valence-electron chi connectivity index (χ2n) is 5.61. The van der Waals surface area contributed by atoms with Gasteiger partial charge in [-0.3, -0.25) is 0 Å². The van der Waals surface area contributed by atoms with Gasteiger partial charge in [0.1, 0.15) is 0 Å². The first-order chi connectivity index (χ1) is 10.2. The van der Waals surface area contributed by atoms with Crippen LogP contribution in [0.2, 0.25) is 0 Å². The smallest absolute Gasteiger partial charge is 0.315 e. The van der Waals surface area contributed by atoms with Crippen LogP contribution in [0.4, 0.5) is 4.79 Å². The third-order valence-electron chi connectivity index (χ3n) is 4.43. The summed E-state index contributed by atoms with van der Waals surface area (Å²) in [6.07, 6.45) is 0.854. The number of hydrogen-bond donors (Lipinski definition) is 1. The fourth-order valence-electron chi connectivity index (χ4n) is 3.38. The summed E-state index contributed by atoms with van der Waals surface area (Å²) in [6, 6.07) is 18.5. The summed E-state index contributed by atoms with van der Waals surface area (Å²) in [7, 11) is 0. The molecule has 1 heterocycles. The number of fused-ring (bicyclic) bond motifs is 1. The lowest BCUT2D eigenvalue weighted by Crippen LogP contribution is -2.44. The first kappa shape index (κ1) is 13.7. The van der Waals surface area contributed by atoms with Crippen molar-refractivity contribution in [3.8, 4) is 0 Å². The van der Waals surface area contributed by atoms with Crippen LogP contribution in [0.5, 0.6) is 0 Å². The highest BCUT2D eigenvalue weighted by Crippen LogP contribution is 2.35. The van der Waals surface area contributed by atoms with Crippen LogP contribution < -0.4 is 5.73 Å². The summed E-state index contributed by atoms with van der Waals surface area (Å²) in [6.45, 7) is 2.77. The van der Waals surface area contributed by atoms with Crippen LogP contribution in [0.15, 0.2) is 54.6 Å². The predicted molar refractivity (Wildman–Crippen MR) is 84.2 cm³/mol. The lowest BCUT2D eigenvalue weighted by molar-refractivity contribution is 0.186.